The Hall–Kier alpha value is -1.51. The Morgan fingerprint density at radius 2 is 2.29 bits per heavy atom. The summed E-state index contributed by atoms with van der Waals surface area (Å²) in [5.74, 6) is 0. The average molecular weight is 189 g/mol. The second kappa shape index (κ2) is 3.70. The van der Waals surface area contributed by atoms with Crippen LogP contribution >= 0.6 is 0 Å². The first-order chi connectivity index (χ1) is 6.75. The van der Waals surface area contributed by atoms with Crippen LogP contribution in [0, 0.1) is 6.92 Å². The standard InChI is InChI=1S/C11H15N3/c1-8-11(5-10(12)7-13-8)14-6-9-3-2-4-9/h5-7,14H,2-4,12H2,1H3. The van der Waals surface area contributed by atoms with Gasteiger partial charge in [-0.3, -0.25) is 4.98 Å². The zero-order valence-corrected chi connectivity index (χ0v) is 8.38. The number of aromatic nitrogens is 1. The van der Waals surface area contributed by atoms with Gasteiger partial charge in [-0.05, 0) is 32.3 Å². The van der Waals surface area contributed by atoms with E-state index in [1.807, 2.05) is 13.0 Å². The highest BCUT2D eigenvalue weighted by atomic mass is 14.9. The summed E-state index contributed by atoms with van der Waals surface area (Å²) in [6, 6.07) is 1.91. The summed E-state index contributed by atoms with van der Waals surface area (Å²) in [7, 11) is 0. The van der Waals surface area contributed by atoms with Crippen molar-refractivity contribution in [2.75, 3.05) is 11.1 Å². The molecule has 1 aromatic rings. The highest BCUT2D eigenvalue weighted by Crippen LogP contribution is 2.25. The number of allylic oxidation sites excluding steroid dienone is 1. The van der Waals surface area contributed by atoms with Crippen molar-refractivity contribution in [1.29, 1.82) is 0 Å². The van der Waals surface area contributed by atoms with Crippen molar-refractivity contribution >= 4 is 11.4 Å². The van der Waals surface area contributed by atoms with Crippen LogP contribution in [0.5, 0.6) is 0 Å². The summed E-state index contributed by atoms with van der Waals surface area (Å²) >= 11 is 0. The first-order valence-electron chi connectivity index (χ1n) is 4.92. The summed E-state index contributed by atoms with van der Waals surface area (Å²) in [5, 5.41) is 3.25. The van der Waals surface area contributed by atoms with E-state index in [2.05, 4.69) is 16.5 Å². The molecule has 1 saturated carbocycles. The molecule has 0 amide bonds. The van der Waals surface area contributed by atoms with Crippen molar-refractivity contribution in [3.63, 3.8) is 0 Å². The van der Waals surface area contributed by atoms with Crippen LogP contribution in [0.4, 0.5) is 11.4 Å². The summed E-state index contributed by atoms with van der Waals surface area (Å²) in [6.45, 7) is 1.97. The second-order valence-corrected chi connectivity index (χ2v) is 3.70. The van der Waals surface area contributed by atoms with Crippen LogP contribution in [-0.4, -0.2) is 4.98 Å². The predicted octanol–water partition coefficient (Wildman–Crippen LogP) is 2.45. The maximum atomic E-state index is 5.66. The number of hydrogen-bond acceptors (Lipinski definition) is 3. The zero-order valence-electron chi connectivity index (χ0n) is 8.38. The monoisotopic (exact) mass is 189 g/mol. The summed E-state index contributed by atoms with van der Waals surface area (Å²) < 4.78 is 0. The Morgan fingerprint density at radius 1 is 1.50 bits per heavy atom. The largest absolute Gasteiger partial charge is 0.397 e. The van der Waals surface area contributed by atoms with E-state index in [0.29, 0.717) is 5.69 Å². The predicted molar refractivity (Wildman–Crippen MR) is 58.9 cm³/mol. The molecule has 74 valence electrons. The van der Waals surface area contributed by atoms with Gasteiger partial charge >= 0.3 is 0 Å². The SMILES string of the molecule is Cc1ncc(N)cc1NC=C1CCC1. The molecule has 1 aromatic heterocycles. The molecule has 0 aliphatic heterocycles. The van der Waals surface area contributed by atoms with Gasteiger partial charge in [-0.15, -0.1) is 0 Å². The Balaban J connectivity index is 2.11. The van der Waals surface area contributed by atoms with Gasteiger partial charge in [0.05, 0.1) is 23.3 Å². The van der Waals surface area contributed by atoms with Crippen molar-refractivity contribution < 1.29 is 0 Å². The topological polar surface area (TPSA) is 50.9 Å². The quantitative estimate of drug-likeness (QED) is 0.751. The normalized spacial score (nSPS) is 14.8. The minimum Gasteiger partial charge on any atom is -0.397 e. The van der Waals surface area contributed by atoms with Gasteiger partial charge in [0.2, 0.25) is 0 Å². The molecule has 1 aliphatic carbocycles. The lowest BCUT2D eigenvalue weighted by atomic mass is 9.93. The minimum atomic E-state index is 0.699. The lowest BCUT2D eigenvalue weighted by Gasteiger charge is -2.16. The van der Waals surface area contributed by atoms with Crippen LogP contribution in [0.25, 0.3) is 0 Å². The van der Waals surface area contributed by atoms with Gasteiger partial charge in [0, 0.05) is 6.20 Å². The van der Waals surface area contributed by atoms with Crippen LogP contribution in [0.15, 0.2) is 24.0 Å². The average Bonchev–Trinajstić information content (AvgIpc) is 2.08. The van der Waals surface area contributed by atoms with Crippen molar-refractivity contribution in [2.24, 2.45) is 0 Å². The molecule has 1 fully saturated rings. The smallest absolute Gasteiger partial charge is 0.0616 e. The van der Waals surface area contributed by atoms with Crippen molar-refractivity contribution in [3.8, 4) is 0 Å². The third-order valence-electron chi connectivity index (χ3n) is 2.54. The molecule has 0 radical (unpaired) electrons. The van der Waals surface area contributed by atoms with Gasteiger partial charge in [-0.25, -0.2) is 0 Å². The fourth-order valence-electron chi connectivity index (χ4n) is 1.40. The van der Waals surface area contributed by atoms with E-state index in [1.165, 1.54) is 24.8 Å². The number of nitrogens with zero attached hydrogens (tertiary/aromatic N) is 1. The molecule has 2 rings (SSSR count). The third-order valence-corrected chi connectivity index (χ3v) is 2.54. The first kappa shape index (κ1) is 9.06. The van der Waals surface area contributed by atoms with E-state index in [1.54, 1.807) is 6.20 Å². The maximum absolute atomic E-state index is 5.66. The van der Waals surface area contributed by atoms with E-state index in [0.717, 1.165) is 11.4 Å². The van der Waals surface area contributed by atoms with Gasteiger partial charge in [-0.1, -0.05) is 5.57 Å². The molecule has 3 N–H and O–H groups in total. The molecule has 3 heteroatoms. The molecule has 0 bridgehead atoms. The first-order valence-corrected chi connectivity index (χ1v) is 4.92. The molecule has 0 atom stereocenters. The Morgan fingerprint density at radius 3 is 2.93 bits per heavy atom. The number of hydrogen-bond donors (Lipinski definition) is 2. The third kappa shape index (κ3) is 1.87. The van der Waals surface area contributed by atoms with Crippen molar-refractivity contribution in [3.05, 3.63) is 29.7 Å². The molecule has 3 nitrogen and oxygen atoms in total. The van der Waals surface area contributed by atoms with Crippen LogP contribution in [0.1, 0.15) is 25.0 Å². The summed E-state index contributed by atoms with van der Waals surface area (Å²) in [5.41, 5.74) is 9.82. The number of nitrogens with one attached hydrogen (secondary N) is 1. The van der Waals surface area contributed by atoms with Gasteiger partial charge in [0.25, 0.3) is 0 Å². The Bertz CT molecular complexity index is 363. The fourth-order valence-corrected chi connectivity index (χ4v) is 1.40. The number of nitrogen functional groups attached to an aromatic ring is 1. The van der Waals surface area contributed by atoms with Gasteiger partial charge in [-0.2, -0.15) is 0 Å². The molecule has 14 heavy (non-hydrogen) atoms. The number of aryl methyl sites for hydroxylation is 1. The minimum absolute atomic E-state index is 0.699. The molecule has 1 heterocycles. The summed E-state index contributed by atoms with van der Waals surface area (Å²) in [6.07, 6.45) is 7.52. The Kier molecular flexibility index (Phi) is 2.39. The fraction of sp³-hybridized carbons (Fsp3) is 0.364. The molecule has 0 aromatic carbocycles. The maximum Gasteiger partial charge on any atom is 0.0616 e. The number of anilines is 2. The van der Waals surface area contributed by atoms with E-state index in [4.69, 9.17) is 5.73 Å². The lowest BCUT2D eigenvalue weighted by molar-refractivity contribution is 0.661. The number of pyridine rings is 1. The highest BCUT2D eigenvalue weighted by Gasteiger charge is 2.07. The van der Waals surface area contributed by atoms with Crippen molar-refractivity contribution in [2.45, 2.75) is 26.2 Å². The number of rotatable bonds is 2. The van der Waals surface area contributed by atoms with Crippen LogP contribution in [0.3, 0.4) is 0 Å². The number of nitrogens with two attached hydrogens (primary N) is 1. The van der Waals surface area contributed by atoms with E-state index in [-0.39, 0.29) is 0 Å². The van der Waals surface area contributed by atoms with E-state index < -0.39 is 0 Å². The molecule has 1 aliphatic rings. The van der Waals surface area contributed by atoms with Crippen LogP contribution in [-0.2, 0) is 0 Å². The van der Waals surface area contributed by atoms with Crippen LogP contribution in [0.2, 0.25) is 0 Å². The second-order valence-electron chi connectivity index (χ2n) is 3.70. The lowest BCUT2D eigenvalue weighted by Crippen LogP contribution is -2.02. The molecule has 0 spiro atoms. The highest BCUT2D eigenvalue weighted by molar-refractivity contribution is 5.57. The van der Waals surface area contributed by atoms with Crippen LogP contribution < -0.4 is 11.1 Å². The summed E-state index contributed by atoms with van der Waals surface area (Å²) in [4.78, 5) is 4.18. The van der Waals surface area contributed by atoms with Crippen molar-refractivity contribution in [1.82, 2.24) is 4.98 Å². The van der Waals surface area contributed by atoms with E-state index >= 15 is 0 Å². The van der Waals surface area contributed by atoms with Gasteiger partial charge in [0.15, 0.2) is 0 Å². The zero-order chi connectivity index (χ0) is 9.97. The van der Waals surface area contributed by atoms with E-state index in [9.17, 15) is 0 Å². The molecule has 0 unspecified atom stereocenters. The molecular formula is C11H15N3. The van der Waals surface area contributed by atoms with Gasteiger partial charge in [0.1, 0.15) is 0 Å². The Labute approximate surface area is 84.0 Å². The van der Waals surface area contributed by atoms with Gasteiger partial charge < -0.3 is 11.1 Å². The molecule has 0 saturated heterocycles. The molecular weight excluding hydrogens is 174 g/mol.